The summed E-state index contributed by atoms with van der Waals surface area (Å²) < 4.78 is 7.70. The van der Waals surface area contributed by atoms with Gasteiger partial charge in [0.25, 0.3) is 11.8 Å². The van der Waals surface area contributed by atoms with Crippen LogP contribution in [0.15, 0.2) is 40.4 Å². The molecule has 0 atom stereocenters. The zero-order chi connectivity index (χ0) is 22.0. The highest BCUT2D eigenvalue weighted by atomic mass is 127. The summed E-state index contributed by atoms with van der Waals surface area (Å²) in [6.07, 6.45) is 1.43. The third-order valence-corrected chi connectivity index (χ3v) is 6.61. The number of amides is 4. The van der Waals surface area contributed by atoms with Crippen LogP contribution in [0.2, 0.25) is 0 Å². The molecule has 1 aliphatic heterocycles. The fraction of sp³-hybridized carbons (Fsp3) is 0.100. The van der Waals surface area contributed by atoms with E-state index in [0.29, 0.717) is 17.0 Å². The first kappa shape index (κ1) is 22.7. The largest absolute Gasteiger partial charge is 0.477 e. The molecule has 4 amide bonds. The van der Waals surface area contributed by atoms with Crippen molar-refractivity contribution >= 4 is 90.7 Å². The SMILES string of the molecule is Cc1cc(N2C(=O)NC(=O)/C(=C\c3cc(I)c(OCC#N)c(I)c3)C2=O)ccc1Br. The van der Waals surface area contributed by atoms with Crippen LogP contribution in [0.1, 0.15) is 11.1 Å². The van der Waals surface area contributed by atoms with Crippen molar-refractivity contribution in [2.45, 2.75) is 6.92 Å². The van der Waals surface area contributed by atoms with Gasteiger partial charge in [-0.05, 0) is 99.6 Å². The molecule has 0 spiro atoms. The molecule has 0 aromatic heterocycles. The van der Waals surface area contributed by atoms with Gasteiger partial charge < -0.3 is 4.74 Å². The molecule has 2 aromatic rings. The molecule has 1 N–H and O–H groups in total. The van der Waals surface area contributed by atoms with Crippen molar-refractivity contribution in [1.29, 1.82) is 5.26 Å². The molecule has 3 rings (SSSR count). The fourth-order valence-corrected chi connectivity index (χ4v) is 5.11. The summed E-state index contributed by atoms with van der Waals surface area (Å²) in [5.41, 5.74) is 1.63. The van der Waals surface area contributed by atoms with E-state index in [1.165, 1.54) is 6.08 Å². The lowest BCUT2D eigenvalue weighted by atomic mass is 10.1. The second-order valence-corrected chi connectivity index (χ2v) is 9.33. The first-order chi connectivity index (χ1) is 14.2. The number of barbiturate groups is 1. The maximum Gasteiger partial charge on any atom is 0.335 e. The highest BCUT2D eigenvalue weighted by molar-refractivity contribution is 14.1. The van der Waals surface area contributed by atoms with Crippen LogP contribution in [0.25, 0.3) is 6.08 Å². The maximum atomic E-state index is 13.0. The smallest absolute Gasteiger partial charge is 0.335 e. The number of carbonyl (C=O) groups is 3. The predicted molar refractivity (Wildman–Crippen MR) is 131 cm³/mol. The number of hydrogen-bond donors (Lipinski definition) is 1. The third-order valence-electron chi connectivity index (χ3n) is 4.11. The van der Waals surface area contributed by atoms with Crippen LogP contribution in [-0.4, -0.2) is 24.5 Å². The number of rotatable bonds is 4. The molecule has 1 heterocycles. The molecule has 30 heavy (non-hydrogen) atoms. The molecule has 152 valence electrons. The van der Waals surface area contributed by atoms with Crippen molar-refractivity contribution in [2.24, 2.45) is 0 Å². The summed E-state index contributed by atoms with van der Waals surface area (Å²) in [5.74, 6) is -0.910. The number of imide groups is 2. The molecule has 0 radical (unpaired) electrons. The Morgan fingerprint density at radius 1 is 1.20 bits per heavy atom. The van der Waals surface area contributed by atoms with E-state index in [-0.39, 0.29) is 12.2 Å². The number of nitrogens with one attached hydrogen (secondary N) is 1. The number of nitriles is 1. The van der Waals surface area contributed by atoms with E-state index in [4.69, 9.17) is 10.00 Å². The molecule has 0 aliphatic carbocycles. The van der Waals surface area contributed by atoms with Gasteiger partial charge in [0.05, 0.1) is 12.8 Å². The number of urea groups is 1. The second-order valence-electron chi connectivity index (χ2n) is 6.15. The van der Waals surface area contributed by atoms with Gasteiger partial charge in [-0.25, -0.2) is 9.69 Å². The van der Waals surface area contributed by atoms with Gasteiger partial charge in [-0.3, -0.25) is 14.9 Å². The average molecular weight is 692 g/mol. The second kappa shape index (κ2) is 9.44. The average Bonchev–Trinajstić information content (AvgIpc) is 2.67. The Kier molecular flexibility index (Phi) is 7.14. The van der Waals surface area contributed by atoms with Gasteiger partial charge >= 0.3 is 6.03 Å². The Morgan fingerprint density at radius 2 is 1.87 bits per heavy atom. The summed E-state index contributed by atoms with van der Waals surface area (Å²) in [6, 6.07) is 9.61. The molecular formula is C20H12BrI2N3O4. The molecule has 0 saturated carbocycles. The van der Waals surface area contributed by atoms with Gasteiger partial charge in [-0.2, -0.15) is 5.26 Å². The third kappa shape index (κ3) is 4.68. The minimum absolute atomic E-state index is 0.0863. The number of ether oxygens (including phenoxy) is 1. The Bertz CT molecular complexity index is 1130. The summed E-state index contributed by atoms with van der Waals surface area (Å²) in [5, 5.41) is 10.9. The number of nitrogens with zero attached hydrogens (tertiary/aromatic N) is 2. The minimum atomic E-state index is -0.798. The lowest BCUT2D eigenvalue weighted by Gasteiger charge is -2.26. The Morgan fingerprint density at radius 3 is 2.47 bits per heavy atom. The van der Waals surface area contributed by atoms with Crippen molar-refractivity contribution < 1.29 is 19.1 Å². The van der Waals surface area contributed by atoms with Crippen molar-refractivity contribution in [2.75, 3.05) is 11.5 Å². The normalized spacial score (nSPS) is 15.2. The highest BCUT2D eigenvalue weighted by Gasteiger charge is 2.37. The van der Waals surface area contributed by atoms with Crippen LogP contribution in [0.4, 0.5) is 10.5 Å². The van der Waals surface area contributed by atoms with Crippen molar-refractivity contribution in [3.8, 4) is 11.8 Å². The number of halogens is 3. The van der Waals surface area contributed by atoms with Crippen LogP contribution in [0.5, 0.6) is 5.75 Å². The highest BCUT2D eigenvalue weighted by Crippen LogP contribution is 2.31. The van der Waals surface area contributed by atoms with Gasteiger partial charge in [-0.15, -0.1) is 0 Å². The summed E-state index contributed by atoms with van der Waals surface area (Å²) in [7, 11) is 0. The maximum absolute atomic E-state index is 13.0. The lowest BCUT2D eigenvalue weighted by molar-refractivity contribution is -0.122. The topological polar surface area (TPSA) is 99.5 Å². The Hall–Kier alpha value is -1.98. The molecule has 2 aromatic carbocycles. The van der Waals surface area contributed by atoms with Crippen LogP contribution >= 0.6 is 61.1 Å². The Balaban J connectivity index is 2.00. The first-order valence-electron chi connectivity index (χ1n) is 8.39. The number of aryl methyl sites for hydroxylation is 1. The van der Waals surface area contributed by atoms with E-state index in [1.54, 1.807) is 30.3 Å². The zero-order valence-electron chi connectivity index (χ0n) is 15.3. The van der Waals surface area contributed by atoms with Crippen LogP contribution in [-0.2, 0) is 9.59 Å². The number of benzene rings is 2. The molecule has 1 aliphatic rings. The molecular weight excluding hydrogens is 680 g/mol. The number of anilines is 1. The van der Waals surface area contributed by atoms with Crippen molar-refractivity contribution in [3.63, 3.8) is 0 Å². The summed E-state index contributed by atoms with van der Waals surface area (Å²) in [6.45, 7) is 1.75. The molecule has 7 nitrogen and oxygen atoms in total. The minimum Gasteiger partial charge on any atom is -0.477 e. The van der Waals surface area contributed by atoms with E-state index in [0.717, 1.165) is 22.1 Å². The first-order valence-corrected chi connectivity index (χ1v) is 11.3. The van der Waals surface area contributed by atoms with E-state index in [1.807, 2.05) is 13.0 Å². The zero-order valence-corrected chi connectivity index (χ0v) is 21.2. The molecule has 0 unspecified atom stereocenters. The number of carbonyl (C=O) groups excluding carboxylic acids is 3. The lowest BCUT2D eigenvalue weighted by Crippen LogP contribution is -2.54. The van der Waals surface area contributed by atoms with E-state index in [2.05, 4.69) is 66.4 Å². The van der Waals surface area contributed by atoms with Gasteiger partial charge in [0.15, 0.2) is 6.61 Å². The summed E-state index contributed by atoms with van der Waals surface area (Å²) in [4.78, 5) is 38.7. The van der Waals surface area contributed by atoms with Gasteiger partial charge in [0.2, 0.25) is 0 Å². The monoisotopic (exact) mass is 691 g/mol. The van der Waals surface area contributed by atoms with Crippen LogP contribution < -0.4 is 15.0 Å². The van der Waals surface area contributed by atoms with Gasteiger partial charge in [0.1, 0.15) is 17.4 Å². The predicted octanol–water partition coefficient (Wildman–Crippen LogP) is 4.54. The Labute approximate surface area is 207 Å². The van der Waals surface area contributed by atoms with Gasteiger partial charge in [-0.1, -0.05) is 15.9 Å². The van der Waals surface area contributed by atoms with Gasteiger partial charge in [0, 0.05) is 4.47 Å². The van der Waals surface area contributed by atoms with Crippen LogP contribution in [0.3, 0.4) is 0 Å². The van der Waals surface area contributed by atoms with Crippen LogP contribution in [0, 0.1) is 25.4 Å². The van der Waals surface area contributed by atoms with E-state index in [9.17, 15) is 14.4 Å². The van der Waals surface area contributed by atoms with Crippen molar-refractivity contribution in [1.82, 2.24) is 5.32 Å². The fourth-order valence-electron chi connectivity index (χ4n) is 2.73. The van der Waals surface area contributed by atoms with E-state index >= 15 is 0 Å². The van der Waals surface area contributed by atoms with E-state index < -0.39 is 17.8 Å². The molecule has 1 fully saturated rings. The number of hydrogen-bond acceptors (Lipinski definition) is 5. The summed E-state index contributed by atoms with van der Waals surface area (Å²) >= 11 is 7.50. The molecule has 10 heteroatoms. The van der Waals surface area contributed by atoms with Crippen molar-refractivity contribution in [3.05, 3.63) is 58.6 Å². The molecule has 0 bridgehead atoms. The quantitative estimate of drug-likeness (QED) is 0.289. The standard InChI is InChI=1S/C20H12BrI2N3O4/c1-10-6-12(2-3-14(10)21)26-19(28)13(18(27)25-20(26)29)7-11-8-15(22)17(16(23)9-11)30-5-4-24/h2-3,6-9H,5H2,1H3,(H,25,27,29)/b13-7+. The molecule has 1 saturated heterocycles.